The highest BCUT2D eigenvalue weighted by atomic mass is 32.2. The SMILES string of the molecule is CCCCOc1ccc(-c2nn(-c3ccccc3)cc2C=C2SC(=S)N(CC(=O)O)C2=O)c(C)c1. The zero-order valence-electron chi connectivity index (χ0n) is 19.4. The standard InChI is InChI=1S/C26H25N3O4S2/c1-3-4-12-33-20-10-11-21(17(2)13-20)24-18(15-29(27-24)19-8-6-5-7-9-19)14-22-25(32)28(16-23(30)31)26(34)35-22/h5-11,13-15H,3-4,12,16H2,1-2H3,(H,30,31). The third kappa shape index (κ3) is 5.63. The van der Waals surface area contributed by atoms with Crippen LogP contribution in [0.4, 0.5) is 0 Å². The summed E-state index contributed by atoms with van der Waals surface area (Å²) in [5, 5.41) is 14.0. The van der Waals surface area contributed by atoms with Crippen LogP contribution < -0.4 is 4.74 Å². The van der Waals surface area contributed by atoms with Crippen LogP contribution in [0.25, 0.3) is 23.0 Å². The number of rotatable bonds is 9. The lowest BCUT2D eigenvalue weighted by Crippen LogP contribution is -2.33. The van der Waals surface area contributed by atoms with E-state index in [0.717, 1.165) is 57.6 Å². The number of amides is 1. The summed E-state index contributed by atoms with van der Waals surface area (Å²) < 4.78 is 7.84. The van der Waals surface area contributed by atoms with Gasteiger partial charge in [0.25, 0.3) is 5.91 Å². The van der Waals surface area contributed by atoms with Crippen molar-refractivity contribution >= 4 is 46.3 Å². The van der Waals surface area contributed by atoms with Crippen molar-refractivity contribution in [3.63, 3.8) is 0 Å². The lowest BCUT2D eigenvalue weighted by Gasteiger charge is -2.10. The number of benzene rings is 2. The van der Waals surface area contributed by atoms with Crippen molar-refractivity contribution in [1.29, 1.82) is 0 Å². The average molecular weight is 508 g/mol. The molecule has 0 atom stereocenters. The first-order chi connectivity index (χ1) is 16.9. The maximum Gasteiger partial charge on any atom is 0.323 e. The molecule has 1 aliphatic heterocycles. The Balaban J connectivity index is 1.75. The molecule has 0 saturated carbocycles. The second-order valence-corrected chi connectivity index (χ2v) is 9.73. The molecule has 0 bridgehead atoms. The van der Waals surface area contributed by atoms with Gasteiger partial charge in [0.2, 0.25) is 0 Å². The van der Waals surface area contributed by atoms with Crippen LogP contribution in [0.15, 0.2) is 59.6 Å². The van der Waals surface area contributed by atoms with E-state index in [0.29, 0.717) is 17.2 Å². The minimum atomic E-state index is -1.11. The van der Waals surface area contributed by atoms with Crippen molar-refractivity contribution in [3.8, 4) is 22.7 Å². The summed E-state index contributed by atoms with van der Waals surface area (Å²) in [5.41, 5.74) is 4.21. The second kappa shape index (κ2) is 10.9. The fraction of sp³-hybridized carbons (Fsp3) is 0.231. The Morgan fingerprint density at radius 2 is 2.00 bits per heavy atom. The maximum absolute atomic E-state index is 12.9. The molecule has 35 heavy (non-hydrogen) atoms. The molecule has 1 N–H and O–H groups in total. The summed E-state index contributed by atoms with van der Waals surface area (Å²) >= 11 is 6.34. The molecule has 180 valence electrons. The van der Waals surface area contributed by atoms with E-state index in [1.165, 1.54) is 0 Å². The number of thioether (sulfide) groups is 1. The monoisotopic (exact) mass is 507 g/mol. The molecule has 0 spiro atoms. The van der Waals surface area contributed by atoms with Crippen molar-refractivity contribution in [2.24, 2.45) is 0 Å². The normalized spacial score (nSPS) is 14.7. The van der Waals surface area contributed by atoms with Crippen LogP contribution in [0.5, 0.6) is 5.75 Å². The predicted molar refractivity (Wildman–Crippen MR) is 142 cm³/mol. The van der Waals surface area contributed by atoms with Gasteiger partial charge in [-0.1, -0.05) is 55.5 Å². The zero-order valence-corrected chi connectivity index (χ0v) is 21.1. The van der Waals surface area contributed by atoms with Gasteiger partial charge in [-0.05, 0) is 55.3 Å². The summed E-state index contributed by atoms with van der Waals surface area (Å²) in [7, 11) is 0. The van der Waals surface area contributed by atoms with E-state index in [-0.39, 0.29) is 4.32 Å². The molecule has 1 fully saturated rings. The molecule has 9 heteroatoms. The summed E-state index contributed by atoms with van der Waals surface area (Å²) in [6.07, 6.45) is 5.65. The number of aromatic nitrogens is 2. The van der Waals surface area contributed by atoms with Crippen LogP contribution in [-0.4, -0.2) is 49.1 Å². The Morgan fingerprint density at radius 1 is 1.23 bits per heavy atom. The quantitative estimate of drug-likeness (QED) is 0.239. The van der Waals surface area contributed by atoms with E-state index < -0.39 is 18.4 Å². The van der Waals surface area contributed by atoms with Crippen molar-refractivity contribution in [1.82, 2.24) is 14.7 Å². The highest BCUT2D eigenvalue weighted by Gasteiger charge is 2.33. The number of hydrogen-bond donors (Lipinski definition) is 1. The van der Waals surface area contributed by atoms with E-state index >= 15 is 0 Å². The van der Waals surface area contributed by atoms with Crippen LogP contribution in [-0.2, 0) is 9.59 Å². The van der Waals surface area contributed by atoms with Gasteiger partial charge in [-0.25, -0.2) is 4.68 Å². The summed E-state index contributed by atoms with van der Waals surface area (Å²) in [6, 6.07) is 15.6. The predicted octanol–water partition coefficient (Wildman–Crippen LogP) is 5.31. The number of unbranched alkanes of at least 4 members (excludes halogenated alkanes) is 1. The maximum atomic E-state index is 12.9. The largest absolute Gasteiger partial charge is 0.494 e. The Bertz CT molecular complexity index is 1300. The molecule has 7 nitrogen and oxygen atoms in total. The minimum absolute atomic E-state index is 0.227. The summed E-state index contributed by atoms with van der Waals surface area (Å²) in [5.74, 6) is -0.729. The Morgan fingerprint density at radius 3 is 2.69 bits per heavy atom. The molecule has 1 amide bonds. The van der Waals surface area contributed by atoms with E-state index in [1.807, 2.05) is 61.7 Å². The first kappa shape index (κ1) is 24.7. The van der Waals surface area contributed by atoms with Gasteiger partial charge < -0.3 is 9.84 Å². The first-order valence-corrected chi connectivity index (χ1v) is 12.5. The van der Waals surface area contributed by atoms with Crippen molar-refractivity contribution in [2.75, 3.05) is 13.2 Å². The number of carboxylic acids is 1. The molecule has 1 saturated heterocycles. The average Bonchev–Trinajstić information content (AvgIpc) is 3.36. The van der Waals surface area contributed by atoms with Gasteiger partial charge in [0, 0.05) is 17.3 Å². The number of para-hydroxylation sites is 1. The molecule has 0 aliphatic carbocycles. The number of thiocarbonyl (C=S) groups is 1. The molecular weight excluding hydrogens is 482 g/mol. The van der Waals surface area contributed by atoms with Crippen LogP contribution in [0.3, 0.4) is 0 Å². The topological polar surface area (TPSA) is 84.7 Å². The lowest BCUT2D eigenvalue weighted by atomic mass is 10.0. The van der Waals surface area contributed by atoms with E-state index in [9.17, 15) is 9.59 Å². The number of ether oxygens (including phenoxy) is 1. The molecule has 1 aliphatic rings. The molecule has 3 aromatic rings. The Hall–Kier alpha value is -3.43. The van der Waals surface area contributed by atoms with Gasteiger partial charge in [0.1, 0.15) is 22.3 Å². The molecule has 0 radical (unpaired) electrons. The first-order valence-electron chi connectivity index (χ1n) is 11.2. The van der Waals surface area contributed by atoms with Crippen molar-refractivity contribution < 1.29 is 19.4 Å². The van der Waals surface area contributed by atoms with Crippen LogP contribution >= 0.6 is 24.0 Å². The van der Waals surface area contributed by atoms with Gasteiger partial charge in [0.05, 0.1) is 17.2 Å². The van der Waals surface area contributed by atoms with Gasteiger partial charge in [0.15, 0.2) is 0 Å². The van der Waals surface area contributed by atoms with Gasteiger partial charge in [-0.2, -0.15) is 5.10 Å². The van der Waals surface area contributed by atoms with Crippen molar-refractivity contribution in [2.45, 2.75) is 26.7 Å². The number of aliphatic carboxylic acids is 1. The van der Waals surface area contributed by atoms with Gasteiger partial charge >= 0.3 is 5.97 Å². The lowest BCUT2D eigenvalue weighted by molar-refractivity contribution is -0.140. The Labute approximate surface area is 213 Å². The fourth-order valence-electron chi connectivity index (χ4n) is 3.65. The highest BCUT2D eigenvalue weighted by Crippen LogP contribution is 2.36. The zero-order chi connectivity index (χ0) is 24.9. The number of carbonyl (C=O) groups excluding carboxylic acids is 1. The molecule has 2 aromatic carbocycles. The molecule has 2 heterocycles. The number of carboxylic acid groups (broad SMARTS) is 1. The number of aryl methyl sites for hydroxylation is 1. The van der Waals surface area contributed by atoms with Gasteiger partial charge in [-0.15, -0.1) is 0 Å². The van der Waals surface area contributed by atoms with E-state index in [2.05, 4.69) is 6.92 Å². The van der Waals surface area contributed by atoms with Gasteiger partial charge in [-0.3, -0.25) is 14.5 Å². The van der Waals surface area contributed by atoms with E-state index in [1.54, 1.807) is 10.8 Å². The molecule has 1 aromatic heterocycles. The number of hydrogen-bond acceptors (Lipinski definition) is 6. The molecule has 4 rings (SSSR count). The number of nitrogens with zero attached hydrogens (tertiary/aromatic N) is 3. The fourth-order valence-corrected chi connectivity index (χ4v) is 4.90. The van der Waals surface area contributed by atoms with E-state index in [4.69, 9.17) is 27.2 Å². The smallest absolute Gasteiger partial charge is 0.323 e. The molecule has 0 unspecified atom stereocenters. The van der Waals surface area contributed by atoms with Crippen molar-refractivity contribution in [3.05, 3.63) is 70.8 Å². The second-order valence-electron chi connectivity index (χ2n) is 8.05. The highest BCUT2D eigenvalue weighted by molar-refractivity contribution is 8.26. The third-order valence-electron chi connectivity index (χ3n) is 5.44. The van der Waals surface area contributed by atoms with Crippen LogP contribution in [0.1, 0.15) is 30.9 Å². The number of carbonyl (C=O) groups is 2. The minimum Gasteiger partial charge on any atom is -0.494 e. The molecular formula is C26H25N3O4S2. The van der Waals surface area contributed by atoms with Crippen LogP contribution in [0.2, 0.25) is 0 Å². The Kier molecular flexibility index (Phi) is 7.67. The summed E-state index contributed by atoms with van der Waals surface area (Å²) in [6.45, 7) is 4.33. The third-order valence-corrected chi connectivity index (χ3v) is 6.81. The summed E-state index contributed by atoms with van der Waals surface area (Å²) in [4.78, 5) is 25.5. The van der Waals surface area contributed by atoms with Crippen LogP contribution in [0, 0.1) is 6.92 Å².